The first-order valence-corrected chi connectivity index (χ1v) is 8.94. The molecule has 132 valence electrons. The third-order valence-electron chi connectivity index (χ3n) is 4.26. The molecule has 1 unspecified atom stereocenters. The first-order chi connectivity index (χ1) is 12.3. The second-order valence-corrected chi connectivity index (χ2v) is 6.19. The largest absolute Gasteiger partial charge is 0.493 e. The lowest BCUT2D eigenvalue weighted by molar-refractivity contribution is 0.261. The van der Waals surface area contributed by atoms with Gasteiger partial charge in [0.05, 0.1) is 12.6 Å². The van der Waals surface area contributed by atoms with E-state index >= 15 is 0 Å². The van der Waals surface area contributed by atoms with Crippen molar-refractivity contribution in [2.45, 2.75) is 32.7 Å². The molecule has 25 heavy (non-hydrogen) atoms. The van der Waals surface area contributed by atoms with Gasteiger partial charge in [-0.05, 0) is 38.0 Å². The predicted octanol–water partition coefficient (Wildman–Crippen LogP) is 3.01. The van der Waals surface area contributed by atoms with Gasteiger partial charge in [0.1, 0.15) is 5.75 Å². The molecule has 2 aromatic rings. The first kappa shape index (κ1) is 17.3. The van der Waals surface area contributed by atoms with Gasteiger partial charge in [0, 0.05) is 37.0 Å². The Bertz CT molecular complexity index is 712. The minimum atomic E-state index is 0.226. The molecule has 5 nitrogen and oxygen atoms in total. The van der Waals surface area contributed by atoms with E-state index in [1.54, 1.807) is 0 Å². The molecule has 0 fully saturated rings. The van der Waals surface area contributed by atoms with E-state index in [0.29, 0.717) is 0 Å². The second-order valence-electron chi connectivity index (χ2n) is 6.19. The van der Waals surface area contributed by atoms with Gasteiger partial charge in [-0.15, -0.1) is 0 Å². The maximum atomic E-state index is 5.74. The van der Waals surface area contributed by atoms with Crippen molar-refractivity contribution in [2.75, 3.05) is 19.7 Å². The summed E-state index contributed by atoms with van der Waals surface area (Å²) in [4.78, 5) is 9.06. The fourth-order valence-electron chi connectivity index (χ4n) is 2.92. The lowest BCUT2D eigenvalue weighted by Crippen LogP contribution is -2.41. The number of hydrogen-bond donors (Lipinski definition) is 2. The van der Waals surface area contributed by atoms with Crippen molar-refractivity contribution >= 4 is 5.96 Å². The summed E-state index contributed by atoms with van der Waals surface area (Å²) in [6.45, 7) is 6.37. The van der Waals surface area contributed by atoms with Crippen LogP contribution in [0.1, 0.15) is 36.2 Å². The molecule has 0 spiro atoms. The molecule has 0 radical (unpaired) electrons. The molecule has 2 N–H and O–H groups in total. The van der Waals surface area contributed by atoms with Crippen LogP contribution in [0.3, 0.4) is 0 Å². The molecule has 0 amide bonds. The molecule has 5 heteroatoms. The summed E-state index contributed by atoms with van der Waals surface area (Å²) in [6, 6.07) is 12.6. The molecule has 1 aromatic heterocycles. The van der Waals surface area contributed by atoms with E-state index in [9.17, 15) is 0 Å². The van der Waals surface area contributed by atoms with E-state index in [1.807, 2.05) is 31.3 Å². The molecule has 1 atom stereocenters. The summed E-state index contributed by atoms with van der Waals surface area (Å²) in [5.41, 5.74) is 3.45. The van der Waals surface area contributed by atoms with Gasteiger partial charge in [0.2, 0.25) is 0 Å². The van der Waals surface area contributed by atoms with Crippen LogP contribution in [0.15, 0.2) is 47.6 Å². The molecule has 3 rings (SSSR count). The van der Waals surface area contributed by atoms with Crippen LogP contribution in [0, 0.1) is 6.92 Å². The standard InChI is InChI=1S/C20H26N4O/c1-3-21-20(22-12-10-16-9-8-15(2)23-14-16)24-18-11-13-25-19-7-5-4-6-17(18)19/h4-9,14,18H,3,10-13H2,1-2H3,(H2,21,22,24). The number of aryl methyl sites for hydroxylation is 1. The van der Waals surface area contributed by atoms with Gasteiger partial charge >= 0.3 is 0 Å². The van der Waals surface area contributed by atoms with Gasteiger partial charge < -0.3 is 15.4 Å². The van der Waals surface area contributed by atoms with Crippen LogP contribution in [0.2, 0.25) is 0 Å². The molecule has 0 saturated heterocycles. The second kappa shape index (κ2) is 8.51. The number of pyridine rings is 1. The summed E-state index contributed by atoms with van der Waals surface area (Å²) >= 11 is 0. The van der Waals surface area contributed by atoms with Gasteiger partial charge in [0.15, 0.2) is 5.96 Å². The number of ether oxygens (including phenoxy) is 1. The number of aromatic nitrogens is 1. The van der Waals surface area contributed by atoms with E-state index in [4.69, 9.17) is 9.73 Å². The lowest BCUT2D eigenvalue weighted by atomic mass is 10.0. The predicted molar refractivity (Wildman–Crippen MR) is 101 cm³/mol. The zero-order valence-corrected chi connectivity index (χ0v) is 15.0. The third kappa shape index (κ3) is 4.72. The van der Waals surface area contributed by atoms with Crippen LogP contribution in [0.5, 0.6) is 5.75 Å². The number of aliphatic imine (C=N–C) groups is 1. The van der Waals surface area contributed by atoms with E-state index in [2.05, 4.69) is 40.7 Å². The maximum Gasteiger partial charge on any atom is 0.191 e. The molecule has 1 aliphatic rings. The topological polar surface area (TPSA) is 58.5 Å². The van der Waals surface area contributed by atoms with Crippen LogP contribution >= 0.6 is 0 Å². The van der Waals surface area contributed by atoms with Gasteiger partial charge in [-0.2, -0.15) is 0 Å². The van der Waals surface area contributed by atoms with Gasteiger partial charge in [-0.25, -0.2) is 0 Å². The van der Waals surface area contributed by atoms with Crippen molar-refractivity contribution in [1.82, 2.24) is 15.6 Å². The van der Waals surface area contributed by atoms with Crippen molar-refractivity contribution in [3.05, 3.63) is 59.4 Å². The average molecular weight is 338 g/mol. The van der Waals surface area contributed by atoms with Crippen LogP contribution < -0.4 is 15.4 Å². The summed E-state index contributed by atoms with van der Waals surface area (Å²) < 4.78 is 5.74. The molecule has 0 saturated carbocycles. The first-order valence-electron chi connectivity index (χ1n) is 8.94. The summed E-state index contributed by atoms with van der Waals surface area (Å²) in [7, 11) is 0. The lowest BCUT2D eigenvalue weighted by Gasteiger charge is -2.28. The normalized spacial score (nSPS) is 16.7. The van der Waals surface area contributed by atoms with E-state index in [-0.39, 0.29) is 6.04 Å². The highest BCUT2D eigenvalue weighted by Crippen LogP contribution is 2.31. The Labute approximate surface area is 149 Å². The number of fused-ring (bicyclic) bond motifs is 1. The number of hydrogen-bond acceptors (Lipinski definition) is 3. The summed E-state index contributed by atoms with van der Waals surface area (Å²) in [5, 5.41) is 6.89. The minimum absolute atomic E-state index is 0.226. The molecule has 0 bridgehead atoms. The molecule has 1 aliphatic heterocycles. The number of benzene rings is 1. The Balaban J connectivity index is 1.64. The number of para-hydroxylation sites is 1. The molecular formula is C20H26N4O. The van der Waals surface area contributed by atoms with Crippen molar-refractivity contribution in [3.8, 4) is 5.75 Å². The van der Waals surface area contributed by atoms with Crippen molar-refractivity contribution in [2.24, 2.45) is 4.99 Å². The van der Waals surface area contributed by atoms with Crippen LogP contribution in [-0.4, -0.2) is 30.6 Å². The Morgan fingerprint density at radius 1 is 1.28 bits per heavy atom. The minimum Gasteiger partial charge on any atom is -0.493 e. The van der Waals surface area contributed by atoms with Gasteiger partial charge in [-0.1, -0.05) is 24.3 Å². The smallest absolute Gasteiger partial charge is 0.191 e. The Kier molecular flexibility index (Phi) is 5.88. The average Bonchev–Trinajstić information content (AvgIpc) is 2.64. The Hall–Kier alpha value is -2.56. The van der Waals surface area contributed by atoms with Gasteiger partial charge in [0.25, 0.3) is 0 Å². The fourth-order valence-corrected chi connectivity index (χ4v) is 2.92. The van der Waals surface area contributed by atoms with Crippen LogP contribution in [-0.2, 0) is 6.42 Å². The quantitative estimate of drug-likeness (QED) is 0.650. The van der Waals surface area contributed by atoms with Crippen LogP contribution in [0.25, 0.3) is 0 Å². The summed E-state index contributed by atoms with van der Waals surface area (Å²) in [5.74, 6) is 1.82. The van der Waals surface area contributed by atoms with E-state index < -0.39 is 0 Å². The van der Waals surface area contributed by atoms with Crippen molar-refractivity contribution in [3.63, 3.8) is 0 Å². The Morgan fingerprint density at radius 3 is 2.96 bits per heavy atom. The van der Waals surface area contributed by atoms with Gasteiger partial charge in [-0.3, -0.25) is 9.98 Å². The number of nitrogens with zero attached hydrogens (tertiary/aromatic N) is 2. The number of guanidine groups is 1. The highest BCUT2D eigenvalue weighted by atomic mass is 16.5. The molecule has 1 aromatic carbocycles. The monoisotopic (exact) mass is 338 g/mol. The highest BCUT2D eigenvalue weighted by molar-refractivity contribution is 5.80. The van der Waals surface area contributed by atoms with E-state index in [1.165, 1.54) is 11.1 Å². The molecular weight excluding hydrogens is 312 g/mol. The van der Waals surface area contributed by atoms with Crippen molar-refractivity contribution in [1.29, 1.82) is 0 Å². The van der Waals surface area contributed by atoms with E-state index in [0.717, 1.165) is 49.9 Å². The molecule has 2 heterocycles. The highest BCUT2D eigenvalue weighted by Gasteiger charge is 2.21. The zero-order valence-electron chi connectivity index (χ0n) is 15.0. The fraction of sp³-hybridized carbons (Fsp3) is 0.400. The third-order valence-corrected chi connectivity index (χ3v) is 4.26. The summed E-state index contributed by atoms with van der Waals surface area (Å²) in [6.07, 6.45) is 3.75. The zero-order chi connectivity index (χ0) is 17.5. The number of rotatable bonds is 5. The van der Waals surface area contributed by atoms with Crippen LogP contribution in [0.4, 0.5) is 0 Å². The maximum absolute atomic E-state index is 5.74. The van der Waals surface area contributed by atoms with Crippen molar-refractivity contribution < 1.29 is 4.74 Å². The molecule has 0 aliphatic carbocycles. The SMILES string of the molecule is CCNC(=NCCc1ccc(C)nc1)NC1CCOc2ccccc21. The Morgan fingerprint density at radius 2 is 2.16 bits per heavy atom. The number of nitrogens with one attached hydrogen (secondary N) is 2.